The smallest absolute Gasteiger partial charge is 0.142 e. The zero-order valence-corrected chi connectivity index (χ0v) is 10.6. The van der Waals surface area contributed by atoms with Crippen LogP contribution in [0.5, 0.6) is 0 Å². The average Bonchev–Trinajstić information content (AvgIpc) is 2.70. The number of aromatic amines is 1. The lowest BCUT2D eigenvalue weighted by molar-refractivity contribution is 0.742. The van der Waals surface area contributed by atoms with Crippen LogP contribution in [0, 0.1) is 11.3 Å². The number of fused-ring (bicyclic) bond motifs is 1. The van der Waals surface area contributed by atoms with Crippen LogP contribution >= 0.6 is 0 Å². The molecule has 0 aromatic carbocycles. The third kappa shape index (κ3) is 1.89. The monoisotopic (exact) mass is 228 g/mol. The van der Waals surface area contributed by atoms with Crippen molar-refractivity contribution in [3.8, 4) is 6.07 Å². The van der Waals surface area contributed by atoms with Gasteiger partial charge in [0.05, 0.1) is 16.6 Å². The molecule has 17 heavy (non-hydrogen) atoms. The molecular weight excluding hydrogens is 212 g/mol. The first-order chi connectivity index (χ1) is 8.04. The molecule has 0 fully saturated rings. The van der Waals surface area contributed by atoms with E-state index in [2.05, 4.69) is 48.7 Å². The van der Waals surface area contributed by atoms with Crippen LogP contribution < -0.4 is 0 Å². The minimum Gasteiger partial charge on any atom is -0.345 e. The molecule has 2 aromatic heterocycles. The largest absolute Gasteiger partial charge is 0.345 e. The highest BCUT2D eigenvalue weighted by Crippen LogP contribution is 2.26. The van der Waals surface area contributed by atoms with Gasteiger partial charge in [-0.1, -0.05) is 27.7 Å². The molecule has 4 heteroatoms. The lowest BCUT2D eigenvalue weighted by Crippen LogP contribution is -2.04. The maximum atomic E-state index is 9.08. The molecule has 0 bridgehead atoms. The van der Waals surface area contributed by atoms with Gasteiger partial charge in [-0.2, -0.15) is 5.26 Å². The van der Waals surface area contributed by atoms with Gasteiger partial charge in [-0.05, 0) is 5.92 Å². The highest BCUT2D eigenvalue weighted by atomic mass is 15.0. The summed E-state index contributed by atoms with van der Waals surface area (Å²) in [5.74, 6) is 1.39. The summed E-state index contributed by atoms with van der Waals surface area (Å²) < 4.78 is 0. The van der Waals surface area contributed by atoms with E-state index < -0.39 is 0 Å². The van der Waals surface area contributed by atoms with Gasteiger partial charge in [0.1, 0.15) is 17.5 Å². The van der Waals surface area contributed by atoms with E-state index >= 15 is 0 Å². The number of rotatable bonds is 2. The Morgan fingerprint density at radius 2 is 1.88 bits per heavy atom. The third-order valence-electron chi connectivity index (χ3n) is 2.76. The molecule has 0 aliphatic carbocycles. The van der Waals surface area contributed by atoms with Gasteiger partial charge in [0.25, 0.3) is 0 Å². The number of nitrogens with zero attached hydrogens (tertiary/aromatic N) is 3. The van der Waals surface area contributed by atoms with Crippen molar-refractivity contribution in [2.75, 3.05) is 0 Å². The Bertz CT molecular complexity index is 587. The van der Waals surface area contributed by atoms with Crippen LogP contribution in [-0.4, -0.2) is 15.0 Å². The second-order valence-corrected chi connectivity index (χ2v) is 4.81. The normalized spacial score (nSPS) is 11.4. The van der Waals surface area contributed by atoms with Gasteiger partial charge in [0, 0.05) is 12.1 Å². The summed E-state index contributed by atoms with van der Waals surface area (Å²) in [5.41, 5.74) is 2.35. The Kier molecular flexibility index (Phi) is 2.84. The number of aromatic nitrogens is 3. The first kappa shape index (κ1) is 11.6. The zero-order valence-electron chi connectivity index (χ0n) is 10.6. The first-order valence-corrected chi connectivity index (χ1v) is 5.83. The van der Waals surface area contributed by atoms with E-state index in [4.69, 9.17) is 5.26 Å². The van der Waals surface area contributed by atoms with Crippen LogP contribution in [0.2, 0.25) is 0 Å². The fraction of sp³-hybridized carbons (Fsp3) is 0.462. The van der Waals surface area contributed by atoms with Crippen molar-refractivity contribution in [3.63, 3.8) is 0 Å². The van der Waals surface area contributed by atoms with Gasteiger partial charge in [-0.3, -0.25) is 0 Å². The molecule has 88 valence electrons. The molecule has 0 saturated carbocycles. The van der Waals surface area contributed by atoms with Crippen LogP contribution in [0.1, 0.15) is 56.6 Å². The summed E-state index contributed by atoms with van der Waals surface area (Å²) in [4.78, 5) is 12.1. The summed E-state index contributed by atoms with van der Waals surface area (Å²) in [6.07, 6.45) is 1.70. The minimum atomic E-state index is 0.279. The molecule has 2 heterocycles. The highest BCUT2D eigenvalue weighted by Gasteiger charge is 2.16. The van der Waals surface area contributed by atoms with Gasteiger partial charge in [0.15, 0.2) is 0 Å². The lowest BCUT2D eigenvalue weighted by atomic mass is 10.0. The van der Waals surface area contributed by atoms with Crippen LogP contribution in [0.3, 0.4) is 0 Å². The summed E-state index contributed by atoms with van der Waals surface area (Å²) in [5, 5.41) is 9.95. The maximum absolute atomic E-state index is 9.08. The molecular formula is C13H16N4. The van der Waals surface area contributed by atoms with Gasteiger partial charge < -0.3 is 4.98 Å². The summed E-state index contributed by atoms with van der Waals surface area (Å²) >= 11 is 0. The van der Waals surface area contributed by atoms with E-state index in [9.17, 15) is 0 Å². The second-order valence-electron chi connectivity index (χ2n) is 4.81. The molecule has 0 unspecified atom stereocenters. The molecule has 0 atom stereocenters. The second kappa shape index (κ2) is 4.17. The van der Waals surface area contributed by atoms with Crippen LogP contribution in [0.4, 0.5) is 0 Å². The van der Waals surface area contributed by atoms with Gasteiger partial charge in [-0.25, -0.2) is 9.97 Å². The third-order valence-corrected chi connectivity index (χ3v) is 2.76. The number of hydrogen-bond donors (Lipinski definition) is 1. The Balaban J connectivity index is 2.80. The summed E-state index contributed by atoms with van der Waals surface area (Å²) in [6, 6.07) is 2.18. The molecule has 0 amide bonds. The Labute approximate surface area is 101 Å². The van der Waals surface area contributed by atoms with Crippen LogP contribution in [0.25, 0.3) is 11.0 Å². The molecule has 1 N–H and O–H groups in total. The number of H-pyrrole nitrogens is 1. The van der Waals surface area contributed by atoms with Crippen molar-refractivity contribution in [3.05, 3.63) is 23.3 Å². The highest BCUT2D eigenvalue weighted by molar-refractivity contribution is 5.85. The van der Waals surface area contributed by atoms with Crippen molar-refractivity contribution >= 4 is 11.0 Å². The van der Waals surface area contributed by atoms with E-state index in [1.807, 2.05) is 0 Å². The molecule has 2 rings (SSSR count). The summed E-state index contributed by atoms with van der Waals surface area (Å²) in [6.45, 7) is 8.30. The van der Waals surface area contributed by atoms with Gasteiger partial charge in [0.2, 0.25) is 0 Å². The predicted molar refractivity (Wildman–Crippen MR) is 66.8 cm³/mol. The molecule has 0 spiro atoms. The molecule has 0 radical (unpaired) electrons. The number of nitriles is 1. The lowest BCUT2D eigenvalue weighted by Gasteiger charge is -2.10. The summed E-state index contributed by atoms with van der Waals surface area (Å²) in [7, 11) is 0. The molecule has 4 nitrogen and oxygen atoms in total. The quantitative estimate of drug-likeness (QED) is 0.859. The van der Waals surface area contributed by atoms with Crippen molar-refractivity contribution in [1.82, 2.24) is 15.0 Å². The number of nitrogens with one attached hydrogen (secondary N) is 1. The fourth-order valence-corrected chi connectivity index (χ4v) is 1.84. The minimum absolute atomic E-state index is 0.279. The molecule has 0 aliphatic heterocycles. The van der Waals surface area contributed by atoms with Crippen molar-refractivity contribution in [1.29, 1.82) is 5.26 Å². The fourth-order valence-electron chi connectivity index (χ4n) is 1.84. The standard InChI is InChI=1S/C13H16N4/c1-7(2)11-10-9(5-14)6-15-13(10)17-12(16-11)8(3)4/h6-8H,1-4H3,(H,15,16,17). The predicted octanol–water partition coefficient (Wildman–Crippen LogP) is 3.08. The van der Waals surface area contributed by atoms with Gasteiger partial charge in [-0.15, -0.1) is 0 Å². The molecule has 2 aromatic rings. The van der Waals surface area contributed by atoms with E-state index in [0.29, 0.717) is 5.56 Å². The van der Waals surface area contributed by atoms with E-state index in [1.165, 1.54) is 0 Å². The Hall–Kier alpha value is -1.89. The Morgan fingerprint density at radius 3 is 2.41 bits per heavy atom. The van der Waals surface area contributed by atoms with E-state index in [0.717, 1.165) is 22.6 Å². The topological polar surface area (TPSA) is 65.4 Å². The van der Waals surface area contributed by atoms with Crippen molar-refractivity contribution in [2.24, 2.45) is 0 Å². The number of hydrogen-bond acceptors (Lipinski definition) is 3. The maximum Gasteiger partial charge on any atom is 0.142 e. The zero-order chi connectivity index (χ0) is 12.6. The van der Waals surface area contributed by atoms with E-state index in [1.54, 1.807) is 6.20 Å². The SMILES string of the molecule is CC(C)c1nc(C(C)C)c2c(C#N)c[nH]c2n1. The first-order valence-electron chi connectivity index (χ1n) is 5.83. The van der Waals surface area contributed by atoms with Gasteiger partial charge >= 0.3 is 0 Å². The Morgan fingerprint density at radius 1 is 1.18 bits per heavy atom. The van der Waals surface area contributed by atoms with Crippen molar-refractivity contribution in [2.45, 2.75) is 39.5 Å². The van der Waals surface area contributed by atoms with Crippen molar-refractivity contribution < 1.29 is 0 Å². The molecule has 0 aliphatic rings. The van der Waals surface area contributed by atoms with E-state index in [-0.39, 0.29) is 11.8 Å². The van der Waals surface area contributed by atoms with Crippen LogP contribution in [0.15, 0.2) is 6.20 Å². The van der Waals surface area contributed by atoms with Crippen LogP contribution in [-0.2, 0) is 0 Å². The molecule has 0 saturated heterocycles. The average molecular weight is 228 g/mol.